The van der Waals surface area contributed by atoms with Crippen LogP contribution in [0.3, 0.4) is 0 Å². The molecule has 2 heterocycles. The van der Waals surface area contributed by atoms with Crippen LogP contribution >= 0.6 is 0 Å². The Morgan fingerprint density at radius 2 is 1.56 bits per heavy atom. The monoisotopic (exact) mass is 475 g/mol. The van der Waals surface area contributed by atoms with Gasteiger partial charge in [-0.3, -0.25) is 14.7 Å². The van der Waals surface area contributed by atoms with Crippen LogP contribution in [0.2, 0.25) is 0 Å². The first kappa shape index (κ1) is 28.7. The van der Waals surface area contributed by atoms with Crippen LogP contribution in [0.4, 0.5) is 0 Å². The molecule has 0 aromatic carbocycles. The third-order valence-electron chi connectivity index (χ3n) is 6.78. The summed E-state index contributed by atoms with van der Waals surface area (Å²) in [5, 5.41) is 14.0. The Balaban J connectivity index is 1.59. The lowest BCUT2D eigenvalue weighted by molar-refractivity contribution is -0.123. The normalized spacial score (nSPS) is 16.3. The van der Waals surface area contributed by atoms with Gasteiger partial charge in [-0.2, -0.15) is 0 Å². The topological polar surface area (TPSA) is 74.7 Å². The van der Waals surface area contributed by atoms with E-state index in [4.69, 9.17) is 4.74 Å². The van der Waals surface area contributed by atoms with Crippen LogP contribution in [0, 0.1) is 0 Å². The molecule has 1 aliphatic heterocycles. The standard InChI is InChI=1S/C28H49N3O3/c1-2-3-4-5-6-7-8-9-10-11-12-13-14-18-27(32)30-26(24-31-20-22-34-23-21-31)28(33)25-17-15-16-19-29-25/h15-17,19,26,28,33H,2-14,18,20-24H2,1H3,(H,30,32)/t26-,28+/m0/s1. The maximum Gasteiger partial charge on any atom is 0.220 e. The summed E-state index contributed by atoms with van der Waals surface area (Å²) in [7, 11) is 0. The maximum atomic E-state index is 12.6. The molecule has 1 amide bonds. The minimum atomic E-state index is -0.820. The van der Waals surface area contributed by atoms with Crippen molar-refractivity contribution in [3.8, 4) is 0 Å². The van der Waals surface area contributed by atoms with Gasteiger partial charge in [0, 0.05) is 32.3 Å². The lowest BCUT2D eigenvalue weighted by Gasteiger charge is -2.32. The number of carbonyl (C=O) groups excluding carboxylic acids is 1. The Morgan fingerprint density at radius 3 is 2.12 bits per heavy atom. The van der Waals surface area contributed by atoms with Gasteiger partial charge in [-0.1, -0.05) is 90.0 Å². The van der Waals surface area contributed by atoms with Gasteiger partial charge in [0.1, 0.15) is 6.10 Å². The van der Waals surface area contributed by atoms with Crippen LogP contribution in [0.1, 0.15) is 109 Å². The van der Waals surface area contributed by atoms with Crippen LogP contribution < -0.4 is 5.32 Å². The minimum absolute atomic E-state index is 0.0244. The molecule has 0 unspecified atom stereocenters. The fourth-order valence-corrected chi connectivity index (χ4v) is 4.63. The van der Waals surface area contributed by atoms with Gasteiger partial charge in [-0.15, -0.1) is 0 Å². The molecule has 2 rings (SSSR count). The molecule has 6 nitrogen and oxygen atoms in total. The molecule has 1 aromatic heterocycles. The number of amides is 1. The number of aliphatic hydroxyl groups is 1. The molecule has 194 valence electrons. The molecule has 1 aliphatic rings. The maximum absolute atomic E-state index is 12.6. The van der Waals surface area contributed by atoms with Crippen molar-refractivity contribution in [3.05, 3.63) is 30.1 Å². The number of pyridine rings is 1. The first-order valence-corrected chi connectivity index (χ1v) is 13.9. The van der Waals surface area contributed by atoms with E-state index in [1.165, 1.54) is 70.6 Å². The molecule has 6 heteroatoms. The Hall–Kier alpha value is -1.50. The van der Waals surface area contributed by atoms with Crippen molar-refractivity contribution in [1.82, 2.24) is 15.2 Å². The predicted octanol–water partition coefficient (Wildman–Crippen LogP) is 5.41. The van der Waals surface area contributed by atoms with E-state index in [9.17, 15) is 9.90 Å². The predicted molar refractivity (Wildman–Crippen MR) is 139 cm³/mol. The van der Waals surface area contributed by atoms with E-state index >= 15 is 0 Å². The fraction of sp³-hybridized carbons (Fsp3) is 0.786. The summed E-state index contributed by atoms with van der Waals surface area (Å²) >= 11 is 0. The third kappa shape index (κ3) is 12.8. The van der Waals surface area contributed by atoms with Crippen molar-refractivity contribution < 1.29 is 14.6 Å². The zero-order valence-electron chi connectivity index (χ0n) is 21.6. The Labute approximate surface area is 207 Å². The summed E-state index contributed by atoms with van der Waals surface area (Å²) in [5.74, 6) is 0.0244. The van der Waals surface area contributed by atoms with Crippen molar-refractivity contribution in [1.29, 1.82) is 0 Å². The van der Waals surface area contributed by atoms with Crippen molar-refractivity contribution in [3.63, 3.8) is 0 Å². The summed E-state index contributed by atoms with van der Waals surface area (Å²) in [6.07, 6.45) is 18.2. The quantitative estimate of drug-likeness (QED) is 0.262. The minimum Gasteiger partial charge on any atom is -0.385 e. The number of nitrogens with one attached hydrogen (secondary N) is 1. The second-order valence-corrected chi connectivity index (χ2v) is 9.78. The average molecular weight is 476 g/mol. The molecule has 2 N–H and O–H groups in total. The summed E-state index contributed by atoms with van der Waals surface area (Å²) < 4.78 is 5.43. The number of morpholine rings is 1. The number of hydrogen-bond donors (Lipinski definition) is 2. The highest BCUT2D eigenvalue weighted by Gasteiger charge is 2.26. The van der Waals surface area contributed by atoms with E-state index in [1.807, 2.05) is 18.2 Å². The van der Waals surface area contributed by atoms with Crippen molar-refractivity contribution >= 4 is 5.91 Å². The molecule has 1 saturated heterocycles. The molecule has 0 bridgehead atoms. The van der Waals surface area contributed by atoms with Crippen LogP contribution in [-0.4, -0.2) is 59.8 Å². The molecule has 1 aromatic rings. The molecule has 0 aliphatic carbocycles. The first-order chi connectivity index (χ1) is 16.7. The van der Waals surface area contributed by atoms with E-state index in [1.54, 1.807) is 6.20 Å². The van der Waals surface area contributed by atoms with Gasteiger partial charge >= 0.3 is 0 Å². The number of rotatable bonds is 19. The van der Waals surface area contributed by atoms with Crippen LogP contribution in [0.15, 0.2) is 24.4 Å². The molecule has 0 spiro atoms. The second-order valence-electron chi connectivity index (χ2n) is 9.78. The van der Waals surface area contributed by atoms with Crippen LogP contribution in [-0.2, 0) is 9.53 Å². The number of hydrogen-bond acceptors (Lipinski definition) is 5. The smallest absolute Gasteiger partial charge is 0.220 e. The molecule has 0 radical (unpaired) electrons. The summed E-state index contributed by atoms with van der Waals surface area (Å²) in [5.41, 5.74) is 0.599. The number of ether oxygens (including phenoxy) is 1. The van der Waals surface area contributed by atoms with Crippen LogP contribution in [0.5, 0.6) is 0 Å². The molecule has 2 atom stereocenters. The van der Waals surface area contributed by atoms with Crippen LogP contribution in [0.25, 0.3) is 0 Å². The molecule has 34 heavy (non-hydrogen) atoms. The van der Waals surface area contributed by atoms with Gasteiger partial charge < -0.3 is 15.2 Å². The summed E-state index contributed by atoms with van der Waals surface area (Å²) in [4.78, 5) is 19.2. The van der Waals surface area contributed by atoms with E-state index in [0.29, 0.717) is 31.9 Å². The number of carbonyl (C=O) groups is 1. The van der Waals surface area contributed by atoms with Gasteiger partial charge in [0.2, 0.25) is 5.91 Å². The van der Waals surface area contributed by atoms with Crippen molar-refractivity contribution in [2.45, 2.75) is 109 Å². The highest BCUT2D eigenvalue weighted by Crippen LogP contribution is 2.17. The average Bonchev–Trinajstić information content (AvgIpc) is 2.87. The van der Waals surface area contributed by atoms with E-state index in [2.05, 4.69) is 22.1 Å². The summed E-state index contributed by atoms with van der Waals surface area (Å²) in [6.45, 7) is 5.90. The number of aromatic nitrogens is 1. The zero-order valence-corrected chi connectivity index (χ0v) is 21.6. The van der Waals surface area contributed by atoms with Gasteiger partial charge in [0.15, 0.2) is 0 Å². The SMILES string of the molecule is CCCCCCCCCCCCCCCC(=O)N[C@@H](CN1CCOCC1)[C@H](O)c1ccccn1. The van der Waals surface area contributed by atoms with Gasteiger partial charge in [0.25, 0.3) is 0 Å². The number of unbranched alkanes of at least 4 members (excludes halogenated alkanes) is 12. The van der Waals surface area contributed by atoms with Gasteiger partial charge in [-0.05, 0) is 18.6 Å². The van der Waals surface area contributed by atoms with Gasteiger partial charge in [-0.25, -0.2) is 0 Å². The molecular weight excluding hydrogens is 426 g/mol. The highest BCUT2D eigenvalue weighted by molar-refractivity contribution is 5.76. The molecular formula is C28H49N3O3. The highest BCUT2D eigenvalue weighted by atomic mass is 16.5. The second kappa shape index (κ2) is 18.8. The number of aliphatic hydroxyl groups excluding tert-OH is 1. The third-order valence-corrected chi connectivity index (χ3v) is 6.78. The Kier molecular flexibility index (Phi) is 15.9. The van der Waals surface area contributed by atoms with E-state index in [0.717, 1.165) is 25.9 Å². The fourth-order valence-electron chi connectivity index (χ4n) is 4.63. The van der Waals surface area contributed by atoms with E-state index < -0.39 is 6.10 Å². The first-order valence-electron chi connectivity index (χ1n) is 13.9. The lowest BCUT2D eigenvalue weighted by Crippen LogP contribution is -2.50. The lowest BCUT2D eigenvalue weighted by atomic mass is 10.0. The largest absolute Gasteiger partial charge is 0.385 e. The van der Waals surface area contributed by atoms with Gasteiger partial charge in [0.05, 0.1) is 24.9 Å². The van der Waals surface area contributed by atoms with E-state index in [-0.39, 0.29) is 11.9 Å². The summed E-state index contributed by atoms with van der Waals surface area (Å²) in [6, 6.07) is 5.14. The number of nitrogens with zero attached hydrogens (tertiary/aromatic N) is 2. The van der Waals surface area contributed by atoms with Crippen molar-refractivity contribution in [2.75, 3.05) is 32.8 Å². The molecule has 0 saturated carbocycles. The zero-order chi connectivity index (χ0) is 24.3. The Morgan fingerprint density at radius 1 is 0.971 bits per heavy atom. The van der Waals surface area contributed by atoms with Crippen molar-refractivity contribution in [2.24, 2.45) is 0 Å². The Bertz CT molecular complexity index is 623. The molecule has 1 fully saturated rings.